The van der Waals surface area contributed by atoms with Gasteiger partial charge in [-0.05, 0) is 0 Å². The summed E-state index contributed by atoms with van der Waals surface area (Å²) in [5, 5.41) is 6.21. The summed E-state index contributed by atoms with van der Waals surface area (Å²) in [5.74, 6) is 0.0153. The molecule has 1 aliphatic heterocycles. The summed E-state index contributed by atoms with van der Waals surface area (Å²) < 4.78 is 7.19. The van der Waals surface area contributed by atoms with Crippen molar-refractivity contribution >= 4 is 22.3 Å². The molecule has 1 fully saturated rings. The first-order valence-corrected chi connectivity index (χ1v) is 13.9. The number of fused-ring (bicyclic) bond motifs is 1. The monoisotopic (exact) mass is 426 g/mol. The predicted octanol–water partition coefficient (Wildman–Crippen LogP) is -3.78. The van der Waals surface area contributed by atoms with E-state index in [9.17, 15) is 4.79 Å². The maximum absolute atomic E-state index is 11.9. The fourth-order valence-electron chi connectivity index (χ4n) is 2.47. The molecule has 1 N–H and O–H groups in total. The summed E-state index contributed by atoms with van der Waals surface area (Å²) in [6, 6.07) is 0. The van der Waals surface area contributed by atoms with Crippen molar-refractivity contribution in [3.05, 3.63) is 19.4 Å². The van der Waals surface area contributed by atoms with Gasteiger partial charge in [0, 0.05) is 0 Å². The van der Waals surface area contributed by atoms with Crippen LogP contribution in [0, 0.1) is 0 Å². The van der Waals surface area contributed by atoms with Crippen molar-refractivity contribution in [1.82, 2.24) is 5.32 Å². The molecular weight excluding hydrogens is 408 g/mol. The molecule has 2 rings (SSSR count). The van der Waals surface area contributed by atoms with E-state index in [1.807, 2.05) is 0 Å². The Labute approximate surface area is 150 Å². The van der Waals surface area contributed by atoms with Gasteiger partial charge < -0.3 is 24.8 Å². The molecule has 0 aromatic carbocycles. The Morgan fingerprint density at radius 1 is 1.30 bits per heavy atom. The Kier molecular flexibility index (Phi) is 7.20. The maximum atomic E-state index is 11.9. The van der Waals surface area contributed by atoms with Crippen molar-refractivity contribution in [3.63, 3.8) is 0 Å². The average molecular weight is 429 g/mol. The van der Waals surface area contributed by atoms with Crippen LogP contribution >= 0.6 is 0 Å². The Morgan fingerprint density at radius 3 is 2.25 bits per heavy atom. The summed E-state index contributed by atoms with van der Waals surface area (Å²) in [5.41, 5.74) is 1.18. The van der Waals surface area contributed by atoms with E-state index >= 15 is 0 Å². The average Bonchev–Trinajstić information content (AvgIpc) is 2.57. The summed E-state index contributed by atoms with van der Waals surface area (Å²) in [4.78, 5) is 11.9. The Balaban J connectivity index is 0.00000180. The topological polar surface area (TPSA) is 38.3 Å². The molecule has 0 radical (unpaired) electrons. The van der Waals surface area contributed by atoms with Crippen LogP contribution in [0.1, 0.15) is 6.42 Å². The van der Waals surface area contributed by atoms with E-state index in [1.165, 1.54) is 35.6 Å². The molecule has 1 aliphatic carbocycles. The third kappa shape index (κ3) is 4.40. The molecule has 8 heteroatoms. The van der Waals surface area contributed by atoms with Crippen molar-refractivity contribution in [1.29, 1.82) is 0 Å². The van der Waals surface area contributed by atoms with Crippen LogP contribution in [0.5, 0.6) is 0 Å². The number of hydrogen-bond acceptors (Lipinski definition) is 2. The van der Waals surface area contributed by atoms with Gasteiger partial charge in [-0.25, -0.2) is 0 Å². The summed E-state index contributed by atoms with van der Waals surface area (Å²) in [6.07, 6.45) is 0.970. The molecule has 0 spiro atoms. The number of halogens is 2. The van der Waals surface area contributed by atoms with E-state index in [2.05, 4.69) is 38.1 Å². The van der Waals surface area contributed by atoms with Gasteiger partial charge >= 0.3 is 127 Å². The molecule has 0 unspecified atom stereocenters. The van der Waals surface area contributed by atoms with Gasteiger partial charge in [0.2, 0.25) is 0 Å². The van der Waals surface area contributed by atoms with Gasteiger partial charge in [-0.15, -0.1) is 0 Å². The quantitative estimate of drug-likeness (QED) is 0.467. The van der Waals surface area contributed by atoms with E-state index in [1.54, 1.807) is 8.48 Å². The van der Waals surface area contributed by atoms with E-state index in [0.29, 0.717) is 0 Å². The minimum absolute atomic E-state index is 0. The molecule has 1 amide bonds. The zero-order valence-electron chi connectivity index (χ0n) is 12.5. The van der Waals surface area contributed by atoms with Gasteiger partial charge in [0.1, 0.15) is 0 Å². The second-order valence-electron chi connectivity index (χ2n) is 6.46. The Morgan fingerprint density at radius 2 is 1.85 bits per heavy atom. The number of nitrogens with one attached hydrogen (secondary N) is 1. The standard InChI is InChI=1S/C12H20NO2Si2.2ClH.Zr/c1-16(2,3)15-8-11(14)13-9-6-7-10-12(9)17(10,4)5;;;/h6,8H2,1-5H3,(H,13,14);2*1H;/q;;;+2/p-2. The second-order valence-corrected chi connectivity index (χ2v) is 16.7. The van der Waals surface area contributed by atoms with E-state index in [-0.39, 0.29) is 37.3 Å². The van der Waals surface area contributed by atoms with E-state index in [0.717, 1.165) is 6.42 Å². The van der Waals surface area contributed by atoms with Crippen LogP contribution < -0.4 is 30.1 Å². The summed E-state index contributed by atoms with van der Waals surface area (Å²) in [7, 11) is -2.82. The zero-order chi connectivity index (χ0) is 13.7. The molecular formula is C12H20Cl2NO2Si2Zr. The van der Waals surface area contributed by atoms with Gasteiger partial charge in [-0.2, -0.15) is 0 Å². The predicted molar refractivity (Wildman–Crippen MR) is 73.6 cm³/mol. The molecule has 0 atom stereocenters. The number of carbonyl (C=O) groups is 1. The summed E-state index contributed by atoms with van der Waals surface area (Å²) >= 11 is 1.50. The van der Waals surface area contributed by atoms with Crippen LogP contribution in [0.25, 0.3) is 0 Å². The Hall–Kier alpha value is 0.807. The Bertz CT molecular complexity index is 484. The van der Waals surface area contributed by atoms with Crippen molar-refractivity contribution in [2.24, 2.45) is 0 Å². The van der Waals surface area contributed by atoms with Gasteiger partial charge in [0.15, 0.2) is 0 Å². The molecule has 111 valence electrons. The number of allylic oxidation sites excluding steroid dienone is 3. The molecule has 0 aromatic heterocycles. The van der Waals surface area contributed by atoms with Gasteiger partial charge in [-0.1, -0.05) is 0 Å². The number of amides is 1. The molecule has 1 saturated heterocycles. The third-order valence-corrected chi connectivity index (χ3v) is 9.35. The van der Waals surface area contributed by atoms with E-state index < -0.39 is 16.4 Å². The van der Waals surface area contributed by atoms with Crippen molar-refractivity contribution in [3.8, 4) is 0 Å². The van der Waals surface area contributed by atoms with Crippen molar-refractivity contribution in [2.75, 3.05) is 6.61 Å². The normalized spacial score (nSPS) is 19.1. The first kappa shape index (κ1) is 20.8. The van der Waals surface area contributed by atoms with Gasteiger partial charge in [-0.3, -0.25) is 0 Å². The van der Waals surface area contributed by atoms with Crippen LogP contribution in [0.15, 0.2) is 19.4 Å². The minimum Gasteiger partial charge on any atom is -1.00 e. The van der Waals surface area contributed by atoms with E-state index in [4.69, 9.17) is 4.43 Å². The molecule has 0 bridgehead atoms. The first-order chi connectivity index (χ1) is 8.13. The van der Waals surface area contributed by atoms with Gasteiger partial charge in [0.05, 0.1) is 0 Å². The van der Waals surface area contributed by atoms with Gasteiger partial charge in [0.25, 0.3) is 0 Å². The maximum Gasteiger partial charge on any atom is -1.00 e. The molecule has 3 nitrogen and oxygen atoms in total. The summed E-state index contributed by atoms with van der Waals surface area (Å²) in [6.45, 7) is 11.2. The fraction of sp³-hybridized carbons (Fsp3) is 0.583. The largest absolute Gasteiger partial charge is 1.00 e. The molecule has 20 heavy (non-hydrogen) atoms. The van der Waals surface area contributed by atoms with Crippen LogP contribution in [0.4, 0.5) is 0 Å². The molecule has 0 aromatic rings. The van der Waals surface area contributed by atoms with Crippen LogP contribution in [-0.2, 0) is 33.9 Å². The van der Waals surface area contributed by atoms with Crippen molar-refractivity contribution < 1.29 is 58.8 Å². The SMILES string of the molecule is C[Si](C)(C)OCC(=O)NC1=C2C(=[C]([Zr+2])C1)[Si]2(C)C.[Cl-].[Cl-]. The first-order valence-electron chi connectivity index (χ1n) is 6.26. The van der Waals surface area contributed by atoms with Crippen LogP contribution in [0.2, 0.25) is 32.7 Å². The smallest absolute Gasteiger partial charge is 1.00 e. The number of rotatable bonds is 4. The van der Waals surface area contributed by atoms with Crippen molar-refractivity contribution in [2.45, 2.75) is 39.2 Å². The number of hydrogen-bond donors (Lipinski definition) is 1. The number of carbonyl (C=O) groups excluding carboxylic acids is 1. The minimum atomic E-state index is -1.60. The zero-order valence-corrected chi connectivity index (χ0v) is 18.5. The third-order valence-electron chi connectivity index (χ3n) is 3.32. The molecule has 2 aliphatic rings. The second kappa shape index (κ2) is 6.92. The van der Waals surface area contributed by atoms with Crippen LogP contribution in [-0.4, -0.2) is 28.9 Å². The molecule has 0 saturated carbocycles. The molecule has 1 heterocycles. The van der Waals surface area contributed by atoms with Crippen LogP contribution in [0.3, 0.4) is 0 Å². The fourth-order valence-corrected chi connectivity index (χ4v) is 10.1.